The van der Waals surface area contributed by atoms with E-state index in [1.54, 1.807) is 62.4 Å². The maximum atomic E-state index is 12.8. The second kappa shape index (κ2) is 8.45. The molecule has 0 bridgehead atoms. The van der Waals surface area contributed by atoms with E-state index in [1.807, 2.05) is 0 Å². The monoisotopic (exact) mass is 448 g/mol. The molecule has 0 aliphatic heterocycles. The van der Waals surface area contributed by atoms with E-state index >= 15 is 0 Å². The summed E-state index contributed by atoms with van der Waals surface area (Å²) in [5.41, 5.74) is 2.74. The number of aryl methyl sites for hydroxylation is 2. The Morgan fingerprint density at radius 3 is 2.10 bits per heavy atom. The molecule has 0 heterocycles. The molecule has 0 saturated heterocycles. The number of rotatable bonds is 5. The smallest absolute Gasteiger partial charge is 0.261 e. The Morgan fingerprint density at radius 1 is 0.793 bits per heavy atom. The summed E-state index contributed by atoms with van der Waals surface area (Å²) in [5, 5.41) is 3.75. The molecule has 0 atom stereocenters. The van der Waals surface area contributed by atoms with Crippen molar-refractivity contribution < 1.29 is 13.2 Å². The fraction of sp³-hybridized carbons (Fsp3) is 0.0952. The summed E-state index contributed by atoms with van der Waals surface area (Å²) in [5.74, 6) is -0.312. The number of halogens is 2. The van der Waals surface area contributed by atoms with Gasteiger partial charge in [0.15, 0.2) is 0 Å². The van der Waals surface area contributed by atoms with Crippen molar-refractivity contribution in [2.24, 2.45) is 0 Å². The molecule has 3 aromatic rings. The van der Waals surface area contributed by atoms with E-state index in [0.29, 0.717) is 32.5 Å². The Balaban J connectivity index is 1.82. The third-order valence-corrected chi connectivity index (χ3v) is 6.16. The fourth-order valence-electron chi connectivity index (χ4n) is 2.65. The van der Waals surface area contributed by atoms with Crippen LogP contribution in [0.15, 0.2) is 65.6 Å². The van der Waals surface area contributed by atoms with Gasteiger partial charge in [-0.05, 0) is 79.6 Å². The van der Waals surface area contributed by atoms with Crippen LogP contribution in [0, 0.1) is 13.8 Å². The van der Waals surface area contributed by atoms with Crippen molar-refractivity contribution in [2.75, 3.05) is 10.0 Å². The van der Waals surface area contributed by atoms with Crippen molar-refractivity contribution in [3.05, 3.63) is 87.4 Å². The van der Waals surface area contributed by atoms with Crippen LogP contribution in [0.25, 0.3) is 0 Å². The molecule has 0 aromatic heterocycles. The van der Waals surface area contributed by atoms with E-state index in [1.165, 1.54) is 12.1 Å². The first kappa shape index (κ1) is 21.2. The zero-order chi connectivity index (χ0) is 21.2. The molecular formula is C21H18Cl2N2O3S. The molecule has 3 rings (SSSR count). The first-order chi connectivity index (χ1) is 13.7. The third kappa shape index (κ3) is 5.09. The first-order valence-corrected chi connectivity index (χ1v) is 10.9. The van der Waals surface area contributed by atoms with Crippen LogP contribution in [-0.4, -0.2) is 14.3 Å². The van der Waals surface area contributed by atoms with E-state index < -0.39 is 10.0 Å². The van der Waals surface area contributed by atoms with Gasteiger partial charge < -0.3 is 5.32 Å². The number of carbonyl (C=O) groups excluding carboxylic acids is 1. The second-order valence-electron chi connectivity index (χ2n) is 6.50. The van der Waals surface area contributed by atoms with Crippen LogP contribution in [0.3, 0.4) is 0 Å². The lowest BCUT2D eigenvalue weighted by atomic mass is 10.1. The van der Waals surface area contributed by atoms with Crippen LogP contribution in [-0.2, 0) is 10.0 Å². The van der Waals surface area contributed by atoms with Crippen molar-refractivity contribution in [3.63, 3.8) is 0 Å². The van der Waals surface area contributed by atoms with Gasteiger partial charge in [0.25, 0.3) is 15.9 Å². The molecule has 8 heteroatoms. The number of hydrogen-bond acceptors (Lipinski definition) is 3. The van der Waals surface area contributed by atoms with E-state index in [4.69, 9.17) is 23.2 Å². The van der Waals surface area contributed by atoms with Crippen LogP contribution >= 0.6 is 23.2 Å². The molecule has 2 N–H and O–H groups in total. The molecule has 0 spiro atoms. The number of nitrogens with one attached hydrogen (secondary N) is 2. The quantitative estimate of drug-likeness (QED) is 0.528. The standard InChI is InChI=1S/C21H18Cl2N2O3S/c1-13-3-6-17(23)12-20(13)25-29(27,28)18-9-10-19(14(2)11-18)24-21(26)15-4-7-16(22)8-5-15/h3-12,25H,1-2H3,(H,24,26). The summed E-state index contributed by atoms with van der Waals surface area (Å²) in [6.45, 7) is 3.51. The highest BCUT2D eigenvalue weighted by Gasteiger charge is 2.17. The average Bonchev–Trinajstić information content (AvgIpc) is 2.66. The van der Waals surface area contributed by atoms with Crippen LogP contribution in [0.4, 0.5) is 11.4 Å². The zero-order valence-corrected chi connectivity index (χ0v) is 18.0. The highest BCUT2D eigenvalue weighted by molar-refractivity contribution is 7.92. The Bertz CT molecular complexity index is 1180. The number of sulfonamides is 1. The highest BCUT2D eigenvalue weighted by atomic mass is 35.5. The largest absolute Gasteiger partial charge is 0.322 e. The van der Waals surface area contributed by atoms with Gasteiger partial charge in [-0.15, -0.1) is 0 Å². The molecule has 150 valence electrons. The number of anilines is 2. The topological polar surface area (TPSA) is 75.3 Å². The van der Waals surface area contributed by atoms with Gasteiger partial charge in [-0.3, -0.25) is 9.52 Å². The molecule has 1 amide bonds. The van der Waals surface area contributed by atoms with E-state index in [-0.39, 0.29) is 10.8 Å². The van der Waals surface area contributed by atoms with Gasteiger partial charge in [0.05, 0.1) is 10.6 Å². The van der Waals surface area contributed by atoms with Crippen LogP contribution < -0.4 is 10.0 Å². The number of hydrogen-bond donors (Lipinski definition) is 2. The second-order valence-corrected chi connectivity index (χ2v) is 9.06. The van der Waals surface area contributed by atoms with Crippen molar-refractivity contribution in [1.29, 1.82) is 0 Å². The van der Waals surface area contributed by atoms with Crippen molar-refractivity contribution >= 4 is 50.5 Å². The van der Waals surface area contributed by atoms with Crippen LogP contribution in [0.5, 0.6) is 0 Å². The minimum absolute atomic E-state index is 0.0823. The zero-order valence-electron chi connectivity index (χ0n) is 15.7. The van der Waals surface area contributed by atoms with Crippen LogP contribution in [0.2, 0.25) is 10.0 Å². The van der Waals surface area contributed by atoms with Gasteiger partial charge in [0.1, 0.15) is 0 Å². The van der Waals surface area contributed by atoms with Gasteiger partial charge in [0.2, 0.25) is 0 Å². The minimum atomic E-state index is -3.81. The lowest BCUT2D eigenvalue weighted by molar-refractivity contribution is 0.102. The van der Waals surface area contributed by atoms with Crippen molar-refractivity contribution in [1.82, 2.24) is 0 Å². The maximum Gasteiger partial charge on any atom is 0.261 e. The molecule has 3 aromatic carbocycles. The van der Waals surface area contributed by atoms with Crippen molar-refractivity contribution in [3.8, 4) is 0 Å². The van der Waals surface area contributed by atoms with Gasteiger partial charge in [-0.2, -0.15) is 0 Å². The predicted octanol–water partition coefficient (Wildman–Crippen LogP) is 5.66. The summed E-state index contributed by atoms with van der Waals surface area (Å²) >= 11 is 11.8. The summed E-state index contributed by atoms with van der Waals surface area (Å²) in [6.07, 6.45) is 0. The first-order valence-electron chi connectivity index (χ1n) is 8.62. The summed E-state index contributed by atoms with van der Waals surface area (Å²) < 4.78 is 28.1. The number of benzene rings is 3. The van der Waals surface area contributed by atoms with Gasteiger partial charge in [-0.1, -0.05) is 29.3 Å². The molecular weight excluding hydrogens is 431 g/mol. The van der Waals surface area contributed by atoms with Crippen LogP contribution in [0.1, 0.15) is 21.5 Å². The summed E-state index contributed by atoms with van der Waals surface area (Å²) in [7, 11) is -3.81. The third-order valence-electron chi connectivity index (χ3n) is 4.31. The Kier molecular flexibility index (Phi) is 6.17. The normalized spacial score (nSPS) is 11.2. The molecule has 0 radical (unpaired) electrons. The lowest BCUT2D eigenvalue weighted by Gasteiger charge is -2.13. The summed E-state index contributed by atoms with van der Waals surface area (Å²) in [6, 6.07) is 16.0. The molecule has 0 saturated carbocycles. The molecule has 0 fully saturated rings. The number of amides is 1. The average molecular weight is 449 g/mol. The highest BCUT2D eigenvalue weighted by Crippen LogP contribution is 2.26. The molecule has 0 unspecified atom stereocenters. The Hall–Kier alpha value is -2.54. The summed E-state index contributed by atoms with van der Waals surface area (Å²) in [4.78, 5) is 12.5. The number of carbonyl (C=O) groups is 1. The van der Waals surface area contributed by atoms with E-state index in [9.17, 15) is 13.2 Å². The molecule has 0 aliphatic rings. The molecule has 5 nitrogen and oxygen atoms in total. The van der Waals surface area contributed by atoms with Gasteiger partial charge >= 0.3 is 0 Å². The van der Waals surface area contributed by atoms with Crippen molar-refractivity contribution in [2.45, 2.75) is 18.7 Å². The van der Waals surface area contributed by atoms with E-state index in [0.717, 1.165) is 5.56 Å². The fourth-order valence-corrected chi connectivity index (χ4v) is 4.15. The SMILES string of the molecule is Cc1cc(S(=O)(=O)Nc2cc(Cl)ccc2C)ccc1NC(=O)c1ccc(Cl)cc1. The Morgan fingerprint density at radius 2 is 1.45 bits per heavy atom. The maximum absolute atomic E-state index is 12.8. The molecule has 29 heavy (non-hydrogen) atoms. The lowest BCUT2D eigenvalue weighted by Crippen LogP contribution is -2.15. The molecule has 0 aliphatic carbocycles. The van der Waals surface area contributed by atoms with E-state index in [2.05, 4.69) is 10.0 Å². The van der Waals surface area contributed by atoms with Gasteiger partial charge in [-0.25, -0.2) is 8.42 Å². The minimum Gasteiger partial charge on any atom is -0.322 e. The predicted molar refractivity (Wildman–Crippen MR) is 118 cm³/mol. The van der Waals surface area contributed by atoms with Gasteiger partial charge in [0, 0.05) is 21.3 Å². The Labute approximate surface area is 179 Å².